The molecule has 1 fully saturated rings. The van der Waals surface area contributed by atoms with Crippen molar-refractivity contribution < 1.29 is 9.53 Å². The fourth-order valence-corrected chi connectivity index (χ4v) is 4.71. The van der Waals surface area contributed by atoms with E-state index in [1.54, 1.807) is 6.20 Å². The van der Waals surface area contributed by atoms with Crippen LogP contribution in [0.5, 0.6) is 0 Å². The number of H-pyrrole nitrogens is 1. The van der Waals surface area contributed by atoms with Crippen LogP contribution in [-0.4, -0.2) is 64.3 Å². The van der Waals surface area contributed by atoms with Gasteiger partial charge < -0.3 is 19.9 Å². The van der Waals surface area contributed by atoms with E-state index in [-0.39, 0.29) is 47.1 Å². The molecule has 30 heavy (non-hydrogen) atoms. The summed E-state index contributed by atoms with van der Waals surface area (Å²) in [5, 5.41) is 3.20. The van der Waals surface area contributed by atoms with Crippen LogP contribution in [0, 0.1) is 10.1 Å². The molecule has 2 N–H and O–H groups in total. The van der Waals surface area contributed by atoms with Gasteiger partial charge in [-0.1, -0.05) is 36.5 Å². The van der Waals surface area contributed by atoms with Gasteiger partial charge in [0.25, 0.3) is 0 Å². The summed E-state index contributed by atoms with van der Waals surface area (Å²) in [6.45, 7) is 7.45. The molecule has 2 aromatic rings. The molecular formula is C22H28N4NaO2S. The molecule has 8 heteroatoms. The number of aromatic nitrogens is 2. The summed E-state index contributed by atoms with van der Waals surface area (Å²) in [6.07, 6.45) is 6.13. The average Bonchev–Trinajstić information content (AvgIpc) is 2.95. The molecule has 155 valence electrons. The van der Waals surface area contributed by atoms with Gasteiger partial charge in [-0.25, -0.2) is 9.78 Å². The van der Waals surface area contributed by atoms with Crippen LogP contribution in [0.4, 0.5) is 10.6 Å². The number of nitrogens with zero attached hydrogens (tertiary/aromatic N) is 2. The second-order valence-corrected chi connectivity index (χ2v) is 9.51. The van der Waals surface area contributed by atoms with Gasteiger partial charge in [-0.2, -0.15) is 0 Å². The Morgan fingerprint density at radius 2 is 2.00 bits per heavy atom. The number of nitrogens with one attached hydrogen (secondary N) is 2. The van der Waals surface area contributed by atoms with Gasteiger partial charge in [-0.05, 0) is 51.2 Å². The third-order valence-corrected chi connectivity index (χ3v) is 6.15. The van der Waals surface area contributed by atoms with E-state index >= 15 is 0 Å². The fourth-order valence-electron chi connectivity index (χ4n) is 4.60. The Labute approximate surface area is 205 Å². The number of piperidine rings is 1. The van der Waals surface area contributed by atoms with Crippen molar-refractivity contribution in [3.05, 3.63) is 52.4 Å². The van der Waals surface area contributed by atoms with Crippen LogP contribution in [-0.2, 0) is 11.2 Å². The second kappa shape index (κ2) is 8.99. The Kier molecular flexibility index (Phi) is 6.97. The number of benzene rings is 1. The summed E-state index contributed by atoms with van der Waals surface area (Å²) < 4.78 is 6.20. The van der Waals surface area contributed by atoms with Crippen LogP contribution >= 0.6 is 12.2 Å². The fraction of sp³-hybridized carbons (Fsp3) is 0.500. The van der Waals surface area contributed by atoms with E-state index in [1.807, 2.05) is 33.0 Å². The topological polar surface area (TPSA) is 70.2 Å². The molecule has 1 radical (unpaired) electrons. The van der Waals surface area contributed by atoms with Gasteiger partial charge in [0.15, 0.2) is 0 Å². The minimum atomic E-state index is -0.516. The molecule has 1 saturated heterocycles. The van der Waals surface area contributed by atoms with Gasteiger partial charge in [0.2, 0.25) is 0 Å². The minimum absolute atomic E-state index is 0. The number of rotatable bonds is 2. The molecule has 1 amide bonds. The Morgan fingerprint density at radius 3 is 2.63 bits per heavy atom. The minimum Gasteiger partial charge on any atom is -0.444 e. The molecule has 1 aromatic heterocycles. The number of hydrogen-bond donors (Lipinski definition) is 2. The van der Waals surface area contributed by atoms with Crippen molar-refractivity contribution in [2.24, 2.45) is 5.41 Å². The number of hydrogen-bond acceptors (Lipinski definition) is 5. The number of aromatic amines is 1. The first-order chi connectivity index (χ1) is 13.8. The zero-order valence-electron chi connectivity index (χ0n) is 18.2. The van der Waals surface area contributed by atoms with Gasteiger partial charge in [-0.3, -0.25) is 0 Å². The first-order valence-corrected chi connectivity index (χ1v) is 10.5. The summed E-state index contributed by atoms with van der Waals surface area (Å²) in [7, 11) is 0. The van der Waals surface area contributed by atoms with Crippen LogP contribution in [0.3, 0.4) is 0 Å². The number of ether oxygens (including phenoxy) is 1. The summed E-state index contributed by atoms with van der Waals surface area (Å²) in [6, 6.07) is 8.40. The van der Waals surface area contributed by atoms with E-state index in [0.29, 0.717) is 4.64 Å². The zero-order valence-corrected chi connectivity index (χ0v) is 21.0. The monoisotopic (exact) mass is 435 g/mol. The van der Waals surface area contributed by atoms with Gasteiger partial charge in [0, 0.05) is 54.3 Å². The number of amides is 1. The van der Waals surface area contributed by atoms with Crippen molar-refractivity contribution in [1.29, 1.82) is 0 Å². The van der Waals surface area contributed by atoms with E-state index in [2.05, 4.69) is 38.4 Å². The summed E-state index contributed by atoms with van der Waals surface area (Å²) in [5.74, 6) is 0.917. The van der Waals surface area contributed by atoms with Crippen LogP contribution < -0.4 is 10.2 Å². The van der Waals surface area contributed by atoms with Gasteiger partial charge >= 0.3 is 6.09 Å². The first-order valence-electron chi connectivity index (χ1n) is 10.1. The van der Waals surface area contributed by atoms with E-state index < -0.39 is 5.60 Å². The smallest absolute Gasteiger partial charge is 0.408 e. The van der Waals surface area contributed by atoms with E-state index in [1.165, 1.54) is 11.1 Å². The van der Waals surface area contributed by atoms with Gasteiger partial charge in [-0.15, -0.1) is 0 Å². The first kappa shape index (κ1) is 23.3. The van der Waals surface area contributed by atoms with Crippen LogP contribution in [0.15, 0.2) is 36.7 Å². The van der Waals surface area contributed by atoms with Crippen molar-refractivity contribution in [2.75, 3.05) is 18.0 Å². The largest absolute Gasteiger partial charge is 0.444 e. The molecule has 0 saturated carbocycles. The van der Waals surface area contributed by atoms with Crippen molar-refractivity contribution in [1.82, 2.24) is 15.3 Å². The zero-order chi connectivity index (χ0) is 20.6. The number of carbonyl (C=O) groups is 1. The Hall–Kier alpha value is -1.41. The normalized spacial score (nSPS) is 19.7. The molecule has 1 aliphatic heterocycles. The van der Waals surface area contributed by atoms with Gasteiger partial charge in [0.1, 0.15) is 16.1 Å². The Bertz CT molecular complexity index is 944. The number of anilines is 1. The maximum Gasteiger partial charge on any atom is 0.408 e. The van der Waals surface area contributed by atoms with E-state index in [4.69, 9.17) is 17.0 Å². The van der Waals surface area contributed by atoms with E-state index in [9.17, 15) is 4.79 Å². The van der Waals surface area contributed by atoms with E-state index in [0.717, 1.165) is 38.2 Å². The van der Waals surface area contributed by atoms with Crippen molar-refractivity contribution in [2.45, 2.75) is 51.7 Å². The number of carbonyl (C=O) groups excluding carboxylic acids is 1. The quantitative estimate of drug-likeness (QED) is 0.547. The summed E-state index contributed by atoms with van der Waals surface area (Å²) >= 11 is 5.10. The number of alkyl carbamates (subject to hydrolysis) is 1. The SMILES string of the molecule is CC(C)(C)OC(=O)N[C@@H]1c2ccccc2CC12CCN(c1c[nH]c(=S)cn1)CC2.[Na]. The van der Waals surface area contributed by atoms with Crippen molar-refractivity contribution in [3.63, 3.8) is 0 Å². The predicted octanol–water partition coefficient (Wildman–Crippen LogP) is 4.17. The second-order valence-electron chi connectivity index (χ2n) is 9.07. The molecule has 0 unspecified atom stereocenters. The molecule has 0 bridgehead atoms. The predicted molar refractivity (Wildman–Crippen MR) is 121 cm³/mol. The third-order valence-electron chi connectivity index (χ3n) is 5.92. The van der Waals surface area contributed by atoms with Crippen LogP contribution in [0.25, 0.3) is 0 Å². The maximum atomic E-state index is 12.6. The molecule has 2 heterocycles. The average molecular weight is 436 g/mol. The van der Waals surface area contributed by atoms with Crippen molar-refractivity contribution >= 4 is 53.7 Å². The molecule has 1 spiro atoms. The molecule has 1 atom stereocenters. The van der Waals surface area contributed by atoms with Crippen LogP contribution in [0.2, 0.25) is 0 Å². The third kappa shape index (κ3) is 4.90. The molecular weight excluding hydrogens is 407 g/mol. The molecule has 4 rings (SSSR count). The van der Waals surface area contributed by atoms with Crippen LogP contribution in [0.1, 0.15) is 50.8 Å². The number of fused-ring (bicyclic) bond motifs is 1. The maximum absolute atomic E-state index is 12.6. The Balaban J connectivity index is 0.00000256. The Morgan fingerprint density at radius 1 is 1.30 bits per heavy atom. The molecule has 2 aliphatic rings. The molecule has 1 aliphatic carbocycles. The summed E-state index contributed by atoms with van der Waals surface area (Å²) in [5.41, 5.74) is 2.02. The molecule has 6 nitrogen and oxygen atoms in total. The standard InChI is InChI=1S/C22H28N4O2S.Na/c1-21(2,3)28-20(27)25-19-16-7-5-4-6-15(16)12-22(19)8-10-26(11-9-22)17-13-24-18(29)14-23-17;/h4-7,13-14,19H,8-12H2,1-3H3,(H,24,29)(H,25,27);/t19-;/m1./s1. The molecule has 1 aromatic carbocycles. The summed E-state index contributed by atoms with van der Waals surface area (Å²) in [4.78, 5) is 22.4. The van der Waals surface area contributed by atoms with Gasteiger partial charge in [0.05, 0.1) is 12.2 Å². The van der Waals surface area contributed by atoms with Crippen molar-refractivity contribution in [3.8, 4) is 0 Å².